The molecule has 0 aliphatic rings. The zero-order valence-corrected chi connectivity index (χ0v) is 14.4. The molecule has 2 nitrogen and oxygen atoms in total. The summed E-state index contributed by atoms with van der Waals surface area (Å²) in [7, 11) is 0. The van der Waals surface area contributed by atoms with Gasteiger partial charge in [-0.15, -0.1) is 0 Å². The molecule has 0 aliphatic carbocycles. The maximum absolute atomic E-state index is 9.53. The molecule has 0 bridgehead atoms. The smallest absolute Gasteiger partial charge is 0.119 e. The number of aliphatic hydroxyl groups excluding tert-OH is 1. The van der Waals surface area contributed by atoms with Gasteiger partial charge in [0.2, 0.25) is 0 Å². The highest BCUT2D eigenvalue weighted by atomic mass is 32.2. The van der Waals surface area contributed by atoms with Crippen LogP contribution in [0.5, 0.6) is 5.75 Å². The van der Waals surface area contributed by atoms with Crippen LogP contribution in [0.2, 0.25) is 0 Å². The van der Waals surface area contributed by atoms with Crippen LogP contribution in [0.4, 0.5) is 0 Å². The topological polar surface area (TPSA) is 29.5 Å². The zero-order chi connectivity index (χ0) is 15.9. The monoisotopic (exact) mass is 316 g/mol. The second kappa shape index (κ2) is 8.25. The molecule has 2 aromatic rings. The Morgan fingerprint density at radius 2 is 1.77 bits per heavy atom. The van der Waals surface area contributed by atoms with Gasteiger partial charge in [-0.2, -0.15) is 11.8 Å². The van der Waals surface area contributed by atoms with Gasteiger partial charge >= 0.3 is 0 Å². The van der Waals surface area contributed by atoms with E-state index in [0.717, 1.165) is 46.1 Å². The molecule has 0 heterocycles. The van der Waals surface area contributed by atoms with Crippen LogP contribution in [-0.2, 0) is 6.61 Å². The van der Waals surface area contributed by atoms with Gasteiger partial charge in [-0.05, 0) is 59.6 Å². The summed E-state index contributed by atoms with van der Waals surface area (Å²) in [6.07, 6.45) is 0. The van der Waals surface area contributed by atoms with E-state index in [1.165, 1.54) is 5.56 Å². The molecule has 0 aromatic heterocycles. The van der Waals surface area contributed by atoms with Crippen molar-refractivity contribution in [3.63, 3.8) is 0 Å². The Bertz CT molecular complexity index is 606. The van der Waals surface area contributed by atoms with Crippen molar-refractivity contribution in [1.82, 2.24) is 0 Å². The van der Waals surface area contributed by atoms with Crippen molar-refractivity contribution in [1.29, 1.82) is 0 Å². The van der Waals surface area contributed by atoms with E-state index < -0.39 is 0 Å². The molecule has 0 amide bonds. The molecule has 2 aromatic carbocycles. The van der Waals surface area contributed by atoms with Crippen LogP contribution in [0.3, 0.4) is 0 Å². The molecule has 1 N–H and O–H groups in total. The Morgan fingerprint density at radius 1 is 1.05 bits per heavy atom. The van der Waals surface area contributed by atoms with Gasteiger partial charge in [-0.3, -0.25) is 0 Å². The van der Waals surface area contributed by atoms with Gasteiger partial charge in [0, 0.05) is 5.75 Å². The maximum Gasteiger partial charge on any atom is 0.119 e. The van der Waals surface area contributed by atoms with Gasteiger partial charge in [0.05, 0.1) is 13.2 Å². The summed E-state index contributed by atoms with van der Waals surface area (Å²) >= 11 is 1.89. The Labute approximate surface area is 137 Å². The summed E-state index contributed by atoms with van der Waals surface area (Å²) in [4.78, 5) is 0. The summed E-state index contributed by atoms with van der Waals surface area (Å²) in [5, 5.41) is 9.53. The lowest BCUT2D eigenvalue weighted by atomic mass is 9.93. The lowest BCUT2D eigenvalue weighted by molar-refractivity contribution is 0.280. The van der Waals surface area contributed by atoms with Crippen LogP contribution in [0, 0.1) is 13.8 Å². The summed E-state index contributed by atoms with van der Waals surface area (Å²) in [6, 6.07) is 12.4. The number of aryl methyl sites for hydroxylation is 1. The lowest BCUT2D eigenvalue weighted by Gasteiger charge is -2.13. The fourth-order valence-corrected chi connectivity index (χ4v) is 3.03. The molecule has 118 valence electrons. The molecule has 0 fully saturated rings. The van der Waals surface area contributed by atoms with Crippen molar-refractivity contribution >= 4 is 11.8 Å². The molecule has 3 heteroatoms. The summed E-state index contributed by atoms with van der Waals surface area (Å²) in [5.74, 6) is 3.06. The maximum atomic E-state index is 9.53. The Balaban J connectivity index is 2.14. The van der Waals surface area contributed by atoms with Crippen LogP contribution in [0.15, 0.2) is 36.4 Å². The molecule has 0 spiro atoms. The largest absolute Gasteiger partial charge is 0.493 e. The highest BCUT2D eigenvalue weighted by Gasteiger charge is 2.08. The number of benzene rings is 2. The van der Waals surface area contributed by atoms with Gasteiger partial charge in [0.25, 0.3) is 0 Å². The van der Waals surface area contributed by atoms with Crippen molar-refractivity contribution in [3.05, 3.63) is 53.1 Å². The first kappa shape index (κ1) is 16.9. The third-order valence-electron chi connectivity index (χ3n) is 3.86. The summed E-state index contributed by atoms with van der Waals surface area (Å²) < 4.78 is 5.73. The average Bonchev–Trinajstić information content (AvgIpc) is 2.53. The molecule has 0 atom stereocenters. The molecule has 0 aliphatic heterocycles. The number of aliphatic hydroxyl groups is 1. The van der Waals surface area contributed by atoms with Crippen molar-refractivity contribution in [2.24, 2.45) is 0 Å². The minimum Gasteiger partial charge on any atom is -0.493 e. The summed E-state index contributed by atoms with van der Waals surface area (Å²) in [5.41, 5.74) is 5.63. The van der Waals surface area contributed by atoms with E-state index in [1.54, 1.807) is 0 Å². The quantitative estimate of drug-likeness (QED) is 0.757. The second-order valence-electron chi connectivity index (χ2n) is 5.26. The Kier molecular flexibility index (Phi) is 6.34. The SMILES string of the molecule is CCSCCOc1ccc(-c2ccc(C)c(CO)c2C)cc1. The molecular formula is C19H24O2S. The molecule has 0 saturated heterocycles. The first-order chi connectivity index (χ1) is 10.7. The van der Waals surface area contributed by atoms with Crippen LogP contribution >= 0.6 is 11.8 Å². The predicted molar refractivity (Wildman–Crippen MR) is 95.8 cm³/mol. The standard InChI is InChI=1S/C19H24O2S/c1-4-22-12-11-21-17-8-6-16(7-9-17)18-10-5-14(2)19(13-20)15(18)3/h5-10,20H,4,11-13H2,1-3H3. The van der Waals surface area contributed by atoms with E-state index in [4.69, 9.17) is 4.74 Å². The van der Waals surface area contributed by atoms with Gasteiger partial charge in [0.1, 0.15) is 5.75 Å². The van der Waals surface area contributed by atoms with E-state index in [-0.39, 0.29) is 6.61 Å². The fraction of sp³-hybridized carbons (Fsp3) is 0.368. The summed E-state index contributed by atoms with van der Waals surface area (Å²) in [6.45, 7) is 7.09. The Hall–Kier alpha value is -1.45. The first-order valence-electron chi connectivity index (χ1n) is 7.68. The third kappa shape index (κ3) is 4.05. The number of thioether (sulfide) groups is 1. The van der Waals surface area contributed by atoms with E-state index in [1.807, 2.05) is 30.8 Å². The van der Waals surface area contributed by atoms with Crippen LogP contribution in [0.1, 0.15) is 23.6 Å². The van der Waals surface area contributed by atoms with Gasteiger partial charge in [-0.1, -0.05) is 31.2 Å². The fourth-order valence-electron chi connectivity index (χ4n) is 2.54. The van der Waals surface area contributed by atoms with Gasteiger partial charge < -0.3 is 9.84 Å². The predicted octanol–water partition coefficient (Wildman–Crippen LogP) is 4.59. The highest BCUT2D eigenvalue weighted by Crippen LogP contribution is 2.29. The molecular weight excluding hydrogens is 292 g/mol. The number of ether oxygens (including phenoxy) is 1. The van der Waals surface area contributed by atoms with Gasteiger partial charge in [0.15, 0.2) is 0 Å². The minimum absolute atomic E-state index is 0.0851. The van der Waals surface area contributed by atoms with Crippen LogP contribution in [-0.4, -0.2) is 23.2 Å². The molecule has 0 unspecified atom stereocenters. The van der Waals surface area contributed by atoms with E-state index in [2.05, 4.69) is 38.1 Å². The van der Waals surface area contributed by atoms with Gasteiger partial charge in [-0.25, -0.2) is 0 Å². The number of hydrogen-bond acceptors (Lipinski definition) is 3. The third-order valence-corrected chi connectivity index (χ3v) is 4.72. The number of hydrogen-bond donors (Lipinski definition) is 1. The molecule has 2 rings (SSSR count). The van der Waals surface area contributed by atoms with Crippen molar-refractivity contribution < 1.29 is 9.84 Å². The van der Waals surface area contributed by atoms with E-state index in [0.29, 0.717) is 0 Å². The normalized spacial score (nSPS) is 10.7. The van der Waals surface area contributed by atoms with Crippen LogP contribution in [0.25, 0.3) is 11.1 Å². The first-order valence-corrected chi connectivity index (χ1v) is 8.83. The minimum atomic E-state index is 0.0851. The molecule has 22 heavy (non-hydrogen) atoms. The van der Waals surface area contributed by atoms with Crippen molar-refractivity contribution in [2.75, 3.05) is 18.1 Å². The molecule has 0 radical (unpaired) electrons. The highest BCUT2D eigenvalue weighted by molar-refractivity contribution is 7.99. The van der Waals surface area contributed by atoms with E-state index in [9.17, 15) is 5.11 Å². The number of rotatable bonds is 7. The van der Waals surface area contributed by atoms with Crippen molar-refractivity contribution in [2.45, 2.75) is 27.4 Å². The van der Waals surface area contributed by atoms with Crippen molar-refractivity contribution in [3.8, 4) is 16.9 Å². The molecule has 0 saturated carbocycles. The second-order valence-corrected chi connectivity index (χ2v) is 6.66. The zero-order valence-electron chi connectivity index (χ0n) is 13.6. The van der Waals surface area contributed by atoms with Crippen LogP contribution < -0.4 is 4.74 Å². The Morgan fingerprint density at radius 3 is 2.41 bits per heavy atom. The average molecular weight is 316 g/mol. The lowest BCUT2D eigenvalue weighted by Crippen LogP contribution is -2.00. The van der Waals surface area contributed by atoms with E-state index >= 15 is 0 Å².